The van der Waals surface area contributed by atoms with Crippen molar-refractivity contribution in [2.75, 3.05) is 0 Å². The van der Waals surface area contributed by atoms with Crippen molar-refractivity contribution in [1.82, 2.24) is 0 Å². The standard InChI is InChI=1S/C15H17FO2/c1-9-5-12(6-10(2)15(9)16)13-7-11(3-4-17)8-14(13)18/h3,5-6,11,13-14,18H,7-8H2,1-2H3. The minimum absolute atomic E-state index is 0.0161. The molecule has 2 nitrogen and oxygen atoms in total. The summed E-state index contributed by atoms with van der Waals surface area (Å²) < 4.78 is 13.6. The zero-order valence-electron chi connectivity index (χ0n) is 10.6. The maximum absolute atomic E-state index is 13.6. The number of allylic oxidation sites excluding steroid dienone is 1. The summed E-state index contributed by atoms with van der Waals surface area (Å²) >= 11 is 0. The average molecular weight is 248 g/mol. The summed E-state index contributed by atoms with van der Waals surface area (Å²) in [6, 6.07) is 3.59. The van der Waals surface area contributed by atoms with E-state index >= 15 is 0 Å². The molecule has 1 aromatic rings. The van der Waals surface area contributed by atoms with Crippen LogP contribution in [0, 0.1) is 25.6 Å². The van der Waals surface area contributed by atoms with Crippen LogP contribution in [0.3, 0.4) is 0 Å². The number of aliphatic hydroxyl groups is 1. The van der Waals surface area contributed by atoms with Crippen LogP contribution in [-0.2, 0) is 4.79 Å². The summed E-state index contributed by atoms with van der Waals surface area (Å²) in [6.45, 7) is 3.46. The van der Waals surface area contributed by atoms with Gasteiger partial charge >= 0.3 is 0 Å². The summed E-state index contributed by atoms with van der Waals surface area (Å²) in [6.07, 6.45) is 2.31. The smallest absolute Gasteiger partial charge is 0.129 e. The topological polar surface area (TPSA) is 37.3 Å². The van der Waals surface area contributed by atoms with Crippen molar-refractivity contribution in [3.8, 4) is 0 Å². The van der Waals surface area contributed by atoms with Gasteiger partial charge in [0.05, 0.1) is 6.10 Å². The first-order valence-electron chi connectivity index (χ1n) is 6.18. The molecule has 0 amide bonds. The van der Waals surface area contributed by atoms with Gasteiger partial charge in [0.1, 0.15) is 11.8 Å². The number of rotatable bonds is 2. The Bertz CT molecular complexity index is 480. The first-order valence-corrected chi connectivity index (χ1v) is 6.18. The first kappa shape index (κ1) is 13.0. The molecular formula is C15H17FO2. The molecule has 1 N–H and O–H groups in total. The van der Waals surface area contributed by atoms with Gasteiger partial charge < -0.3 is 5.11 Å². The lowest BCUT2D eigenvalue weighted by atomic mass is 9.92. The molecule has 0 spiro atoms. The van der Waals surface area contributed by atoms with Gasteiger partial charge in [0.2, 0.25) is 0 Å². The van der Waals surface area contributed by atoms with Crippen molar-refractivity contribution >= 4 is 5.94 Å². The van der Waals surface area contributed by atoms with E-state index in [1.54, 1.807) is 31.9 Å². The largest absolute Gasteiger partial charge is 0.392 e. The molecule has 1 aliphatic rings. The van der Waals surface area contributed by atoms with E-state index in [0.29, 0.717) is 17.5 Å². The second-order valence-electron chi connectivity index (χ2n) is 5.16. The third-order valence-corrected chi connectivity index (χ3v) is 3.76. The van der Waals surface area contributed by atoms with E-state index in [1.165, 1.54) is 6.08 Å². The van der Waals surface area contributed by atoms with Gasteiger partial charge in [-0.05, 0) is 49.3 Å². The third-order valence-electron chi connectivity index (χ3n) is 3.76. The molecule has 3 heteroatoms. The molecule has 0 aromatic heterocycles. The Labute approximate surface area is 106 Å². The molecule has 0 radical (unpaired) electrons. The van der Waals surface area contributed by atoms with Crippen LogP contribution in [0.4, 0.5) is 4.39 Å². The fourth-order valence-corrected chi connectivity index (χ4v) is 2.84. The number of halogens is 1. The zero-order valence-corrected chi connectivity index (χ0v) is 10.6. The Morgan fingerprint density at radius 2 is 1.94 bits per heavy atom. The second kappa shape index (κ2) is 5.05. The van der Waals surface area contributed by atoms with Crippen LogP contribution < -0.4 is 0 Å². The molecule has 1 aromatic carbocycles. The van der Waals surface area contributed by atoms with Crippen LogP contribution in [0.2, 0.25) is 0 Å². The van der Waals surface area contributed by atoms with Crippen LogP contribution in [0.25, 0.3) is 0 Å². The summed E-state index contributed by atoms with van der Waals surface area (Å²) in [4.78, 5) is 10.4. The highest BCUT2D eigenvalue weighted by Crippen LogP contribution is 2.39. The van der Waals surface area contributed by atoms with Crippen molar-refractivity contribution < 1.29 is 14.3 Å². The molecule has 3 atom stereocenters. The lowest BCUT2D eigenvalue weighted by Crippen LogP contribution is -2.11. The Kier molecular flexibility index (Phi) is 3.65. The summed E-state index contributed by atoms with van der Waals surface area (Å²) in [5, 5.41) is 10.0. The van der Waals surface area contributed by atoms with Gasteiger partial charge in [-0.1, -0.05) is 12.1 Å². The number of hydrogen-bond donors (Lipinski definition) is 1. The number of benzene rings is 1. The monoisotopic (exact) mass is 248 g/mol. The van der Waals surface area contributed by atoms with Crippen LogP contribution in [0.5, 0.6) is 0 Å². The Hall–Kier alpha value is -1.44. The lowest BCUT2D eigenvalue weighted by molar-refractivity contribution is 0.162. The highest BCUT2D eigenvalue weighted by atomic mass is 19.1. The first-order chi connectivity index (χ1) is 8.52. The molecule has 96 valence electrons. The Balaban J connectivity index is 2.30. The highest BCUT2D eigenvalue weighted by molar-refractivity contribution is 5.46. The molecular weight excluding hydrogens is 231 g/mol. The van der Waals surface area contributed by atoms with Gasteiger partial charge in [-0.3, -0.25) is 0 Å². The number of carbonyl (C=O) groups excluding carboxylic acids is 1. The molecule has 2 rings (SSSR count). The summed E-state index contributed by atoms with van der Waals surface area (Å²) in [5.41, 5.74) is 2.17. The minimum Gasteiger partial charge on any atom is -0.392 e. The van der Waals surface area contributed by atoms with Crippen LogP contribution in [0.15, 0.2) is 18.2 Å². The maximum atomic E-state index is 13.6. The second-order valence-corrected chi connectivity index (χ2v) is 5.16. The van der Waals surface area contributed by atoms with E-state index in [9.17, 15) is 14.3 Å². The quantitative estimate of drug-likeness (QED) is 0.817. The molecule has 0 saturated heterocycles. The molecule has 1 aliphatic carbocycles. The lowest BCUT2D eigenvalue weighted by Gasteiger charge is -2.16. The van der Waals surface area contributed by atoms with Crippen LogP contribution in [-0.4, -0.2) is 17.2 Å². The molecule has 0 aliphatic heterocycles. The molecule has 1 fully saturated rings. The van der Waals surface area contributed by atoms with Crippen molar-refractivity contribution in [3.05, 3.63) is 40.7 Å². The van der Waals surface area contributed by atoms with Crippen molar-refractivity contribution in [3.63, 3.8) is 0 Å². The van der Waals surface area contributed by atoms with Crippen LogP contribution in [0.1, 0.15) is 35.4 Å². The molecule has 0 bridgehead atoms. The van der Waals surface area contributed by atoms with E-state index in [1.807, 2.05) is 0 Å². The normalized spacial score (nSPS) is 27.0. The number of aryl methyl sites for hydroxylation is 2. The van der Waals surface area contributed by atoms with Gasteiger partial charge in [0.15, 0.2) is 0 Å². The number of aliphatic hydroxyl groups excluding tert-OH is 1. The van der Waals surface area contributed by atoms with Gasteiger partial charge in [0, 0.05) is 12.0 Å². The van der Waals surface area contributed by atoms with E-state index in [2.05, 4.69) is 0 Å². The van der Waals surface area contributed by atoms with Gasteiger partial charge in [-0.25, -0.2) is 9.18 Å². The average Bonchev–Trinajstić information content (AvgIpc) is 2.67. The van der Waals surface area contributed by atoms with E-state index in [-0.39, 0.29) is 17.7 Å². The predicted molar refractivity (Wildman–Crippen MR) is 67.6 cm³/mol. The Morgan fingerprint density at radius 3 is 2.50 bits per heavy atom. The van der Waals surface area contributed by atoms with Gasteiger partial charge in [-0.2, -0.15) is 0 Å². The minimum atomic E-state index is -0.469. The highest BCUT2D eigenvalue weighted by Gasteiger charge is 2.33. The molecule has 0 heterocycles. The number of hydrogen-bond acceptors (Lipinski definition) is 2. The zero-order chi connectivity index (χ0) is 13.3. The van der Waals surface area contributed by atoms with Gasteiger partial charge in [-0.15, -0.1) is 0 Å². The van der Waals surface area contributed by atoms with Crippen LogP contribution >= 0.6 is 0 Å². The maximum Gasteiger partial charge on any atom is 0.129 e. The van der Waals surface area contributed by atoms with Crippen molar-refractivity contribution in [2.45, 2.75) is 38.7 Å². The van der Waals surface area contributed by atoms with E-state index in [4.69, 9.17) is 0 Å². The van der Waals surface area contributed by atoms with Gasteiger partial charge in [0.25, 0.3) is 0 Å². The Morgan fingerprint density at radius 1 is 1.33 bits per heavy atom. The SMILES string of the molecule is Cc1cc(C2CC(C=C=O)CC2O)cc(C)c1F. The fraction of sp³-hybridized carbons (Fsp3) is 0.467. The third kappa shape index (κ3) is 2.38. The fourth-order valence-electron chi connectivity index (χ4n) is 2.84. The molecule has 1 saturated carbocycles. The summed E-state index contributed by atoms with van der Waals surface area (Å²) in [5.74, 6) is 1.66. The molecule has 3 unspecified atom stereocenters. The predicted octanol–water partition coefficient (Wildman–Crippen LogP) is 2.68. The van der Waals surface area contributed by atoms with E-state index in [0.717, 1.165) is 12.0 Å². The molecule has 18 heavy (non-hydrogen) atoms. The van der Waals surface area contributed by atoms with Crippen molar-refractivity contribution in [2.24, 2.45) is 5.92 Å². The van der Waals surface area contributed by atoms with Crippen molar-refractivity contribution in [1.29, 1.82) is 0 Å². The summed E-state index contributed by atoms with van der Waals surface area (Å²) in [7, 11) is 0. The van der Waals surface area contributed by atoms with E-state index < -0.39 is 6.10 Å².